The number of nitrogens with zero attached hydrogens (tertiary/aromatic N) is 4. The Morgan fingerprint density at radius 2 is 1.60 bits per heavy atom. The number of hydrogen-bond donors (Lipinski definition) is 1. The third-order valence-corrected chi connectivity index (χ3v) is 4.79. The highest BCUT2D eigenvalue weighted by Crippen LogP contribution is 2.33. The summed E-state index contributed by atoms with van der Waals surface area (Å²) in [7, 11) is 0. The molecule has 0 aromatic carbocycles. The highest BCUT2D eigenvalue weighted by molar-refractivity contribution is 6.23. The van der Waals surface area contributed by atoms with Crippen molar-refractivity contribution in [3.63, 3.8) is 0 Å². The third kappa shape index (κ3) is 7.98. The van der Waals surface area contributed by atoms with Crippen LogP contribution in [-0.4, -0.2) is 64.7 Å². The fourth-order valence-electron chi connectivity index (χ4n) is 3.34. The molecule has 0 saturated heterocycles. The normalized spacial score (nSPS) is 14.0. The Balaban J connectivity index is 2.44. The number of ether oxygens (including phenoxy) is 2. The lowest BCUT2D eigenvalue weighted by Crippen LogP contribution is -2.47. The molecule has 35 heavy (non-hydrogen) atoms. The molecule has 0 spiro atoms. The van der Waals surface area contributed by atoms with E-state index in [4.69, 9.17) is 9.47 Å². The summed E-state index contributed by atoms with van der Waals surface area (Å²) in [5, 5.41) is 3.27. The second-order valence-corrected chi connectivity index (χ2v) is 10.3. The topological polar surface area (TPSA) is 131 Å². The van der Waals surface area contributed by atoms with Crippen LogP contribution in [-0.2, 0) is 14.3 Å². The van der Waals surface area contributed by atoms with Gasteiger partial charge in [-0.1, -0.05) is 19.8 Å². The van der Waals surface area contributed by atoms with Gasteiger partial charge >= 0.3 is 12.2 Å². The number of amides is 3. The van der Waals surface area contributed by atoms with Gasteiger partial charge in [-0.05, 0) is 54.5 Å². The van der Waals surface area contributed by atoms with E-state index < -0.39 is 41.5 Å². The van der Waals surface area contributed by atoms with Gasteiger partial charge in [0.1, 0.15) is 23.1 Å². The van der Waals surface area contributed by atoms with Crippen molar-refractivity contribution >= 4 is 35.5 Å². The van der Waals surface area contributed by atoms with Gasteiger partial charge in [0.05, 0.1) is 6.42 Å². The number of ketones is 1. The molecular formula is C24H37N5O6. The van der Waals surface area contributed by atoms with Crippen LogP contribution in [0.3, 0.4) is 0 Å². The molecule has 0 radical (unpaired) electrons. The number of anilines is 2. The SMILES string of the molecule is CCCCCNCCN1C(=O)CC(=O)c2c1ncnc2N(C(=O)OC(C)(C)C)C(=O)OC(C)(C)C. The zero-order chi connectivity index (χ0) is 26.4. The van der Waals surface area contributed by atoms with Crippen LogP contribution in [0.5, 0.6) is 0 Å². The first-order valence-corrected chi connectivity index (χ1v) is 11.9. The molecule has 1 aromatic rings. The molecule has 0 fully saturated rings. The van der Waals surface area contributed by atoms with Gasteiger partial charge in [-0.2, -0.15) is 4.90 Å². The van der Waals surface area contributed by atoms with E-state index in [9.17, 15) is 19.2 Å². The second-order valence-electron chi connectivity index (χ2n) is 10.3. The van der Waals surface area contributed by atoms with Crippen LogP contribution in [0, 0.1) is 0 Å². The maximum absolute atomic E-state index is 13.1. The van der Waals surface area contributed by atoms with E-state index >= 15 is 0 Å². The third-order valence-electron chi connectivity index (χ3n) is 4.79. The molecule has 2 heterocycles. The number of carbonyl (C=O) groups is 4. The largest absolute Gasteiger partial charge is 0.443 e. The van der Waals surface area contributed by atoms with Gasteiger partial charge in [0.2, 0.25) is 5.91 Å². The zero-order valence-corrected chi connectivity index (χ0v) is 21.8. The number of rotatable bonds is 8. The number of carbonyl (C=O) groups excluding carboxylic acids is 4. The molecule has 2 rings (SSSR count). The van der Waals surface area contributed by atoms with Crippen LogP contribution in [0.4, 0.5) is 21.2 Å². The molecule has 0 atom stereocenters. The molecule has 0 aliphatic carbocycles. The fraction of sp³-hybridized carbons (Fsp3) is 0.667. The average Bonchev–Trinajstić information content (AvgIpc) is 2.69. The van der Waals surface area contributed by atoms with E-state index in [1.807, 2.05) is 0 Å². The number of imide groups is 1. The van der Waals surface area contributed by atoms with Gasteiger partial charge in [0.15, 0.2) is 17.4 Å². The Morgan fingerprint density at radius 3 is 2.14 bits per heavy atom. The van der Waals surface area contributed by atoms with Crippen molar-refractivity contribution < 1.29 is 28.7 Å². The van der Waals surface area contributed by atoms with Crippen molar-refractivity contribution in [3.8, 4) is 0 Å². The van der Waals surface area contributed by atoms with Crippen molar-refractivity contribution in [2.75, 3.05) is 29.4 Å². The summed E-state index contributed by atoms with van der Waals surface area (Å²) in [6.45, 7) is 13.6. The summed E-state index contributed by atoms with van der Waals surface area (Å²) in [6, 6.07) is 0. The first-order valence-electron chi connectivity index (χ1n) is 11.9. The summed E-state index contributed by atoms with van der Waals surface area (Å²) in [4.78, 5) is 61.9. The summed E-state index contributed by atoms with van der Waals surface area (Å²) < 4.78 is 10.8. The molecule has 0 bridgehead atoms. The van der Waals surface area contributed by atoms with Crippen LogP contribution in [0.1, 0.15) is 84.5 Å². The van der Waals surface area contributed by atoms with Crippen molar-refractivity contribution in [1.82, 2.24) is 15.3 Å². The summed E-state index contributed by atoms with van der Waals surface area (Å²) >= 11 is 0. The maximum Gasteiger partial charge on any atom is 0.425 e. The number of aromatic nitrogens is 2. The minimum Gasteiger partial charge on any atom is -0.443 e. The lowest BCUT2D eigenvalue weighted by atomic mass is 10.0. The Bertz CT molecular complexity index is 923. The Hall–Kier alpha value is -3.08. The highest BCUT2D eigenvalue weighted by Gasteiger charge is 2.41. The quantitative estimate of drug-likeness (QED) is 0.425. The van der Waals surface area contributed by atoms with Crippen molar-refractivity contribution in [1.29, 1.82) is 0 Å². The summed E-state index contributed by atoms with van der Waals surface area (Å²) in [6.07, 6.45) is 1.79. The predicted octanol–water partition coefficient (Wildman–Crippen LogP) is 3.85. The lowest BCUT2D eigenvalue weighted by molar-refractivity contribution is -0.118. The number of unbranched alkanes of at least 4 members (excludes halogenated alkanes) is 2. The van der Waals surface area contributed by atoms with Gasteiger partial charge < -0.3 is 14.8 Å². The monoisotopic (exact) mass is 491 g/mol. The van der Waals surface area contributed by atoms with Gasteiger partial charge in [0, 0.05) is 13.1 Å². The van der Waals surface area contributed by atoms with Gasteiger partial charge in [-0.15, -0.1) is 0 Å². The highest BCUT2D eigenvalue weighted by atomic mass is 16.6. The average molecular weight is 492 g/mol. The van der Waals surface area contributed by atoms with Crippen LogP contribution < -0.4 is 15.1 Å². The maximum atomic E-state index is 13.1. The van der Waals surface area contributed by atoms with E-state index in [0.717, 1.165) is 32.1 Å². The molecule has 1 aliphatic rings. The molecule has 0 unspecified atom stereocenters. The summed E-state index contributed by atoms with van der Waals surface area (Å²) in [5.41, 5.74) is -1.96. The minimum atomic E-state index is -1.05. The summed E-state index contributed by atoms with van der Waals surface area (Å²) in [5.74, 6) is -1.24. The zero-order valence-electron chi connectivity index (χ0n) is 21.8. The van der Waals surface area contributed by atoms with E-state index in [-0.39, 0.29) is 23.7 Å². The van der Waals surface area contributed by atoms with Crippen molar-refractivity contribution in [2.45, 2.75) is 85.4 Å². The van der Waals surface area contributed by atoms with E-state index in [0.29, 0.717) is 11.4 Å². The predicted molar refractivity (Wildman–Crippen MR) is 131 cm³/mol. The Kier molecular flexibility index (Phi) is 9.31. The molecule has 0 saturated carbocycles. The molecule has 1 aliphatic heterocycles. The van der Waals surface area contributed by atoms with Gasteiger partial charge in [-0.3, -0.25) is 14.5 Å². The van der Waals surface area contributed by atoms with Crippen molar-refractivity contribution in [3.05, 3.63) is 11.9 Å². The fourth-order valence-corrected chi connectivity index (χ4v) is 3.34. The molecule has 1 N–H and O–H groups in total. The lowest BCUT2D eigenvalue weighted by Gasteiger charge is -2.31. The number of hydrogen-bond acceptors (Lipinski definition) is 9. The number of nitrogens with one attached hydrogen (secondary N) is 1. The smallest absolute Gasteiger partial charge is 0.425 e. The first-order chi connectivity index (χ1) is 16.2. The van der Waals surface area contributed by atoms with Crippen LogP contribution >= 0.6 is 0 Å². The molecule has 194 valence electrons. The Labute approximate surface area is 206 Å². The number of Topliss-reactive ketones (excluding diaryl/α,β-unsaturated/α-hetero) is 1. The van der Waals surface area contributed by atoms with Crippen LogP contribution in [0.25, 0.3) is 0 Å². The Morgan fingerprint density at radius 1 is 1.00 bits per heavy atom. The first kappa shape index (κ1) is 28.2. The van der Waals surface area contributed by atoms with E-state index in [1.54, 1.807) is 41.5 Å². The van der Waals surface area contributed by atoms with Crippen molar-refractivity contribution in [2.24, 2.45) is 0 Å². The van der Waals surface area contributed by atoms with Gasteiger partial charge in [0.25, 0.3) is 0 Å². The standard InChI is InChI=1S/C24H37N5O6/c1-8-9-10-11-25-12-13-28-17(31)14-16(30)18-19(28)26-15-27-20(18)29(21(32)34-23(2,3)4)22(33)35-24(5,6)7/h15,25H,8-14H2,1-7H3. The minimum absolute atomic E-state index is 0.0451. The molecule has 11 nitrogen and oxygen atoms in total. The molecule has 11 heteroatoms. The molecule has 1 aromatic heterocycles. The van der Waals surface area contributed by atoms with Crippen LogP contribution in [0.15, 0.2) is 6.33 Å². The van der Waals surface area contributed by atoms with Crippen LogP contribution in [0.2, 0.25) is 0 Å². The molecule has 3 amide bonds. The van der Waals surface area contributed by atoms with Gasteiger partial charge in [-0.25, -0.2) is 19.6 Å². The molecular weight excluding hydrogens is 454 g/mol. The number of fused-ring (bicyclic) bond motifs is 1. The van der Waals surface area contributed by atoms with E-state index in [2.05, 4.69) is 22.2 Å². The van der Waals surface area contributed by atoms with E-state index in [1.165, 1.54) is 4.90 Å². The second kappa shape index (κ2) is 11.6.